The summed E-state index contributed by atoms with van der Waals surface area (Å²) in [6.07, 6.45) is 0. The van der Waals surface area contributed by atoms with Crippen LogP contribution in [0.15, 0.2) is 18.2 Å². The van der Waals surface area contributed by atoms with Crippen LogP contribution in [0.1, 0.15) is 5.56 Å². The molecule has 0 atom stereocenters. The van der Waals surface area contributed by atoms with E-state index in [0.29, 0.717) is 5.75 Å². The van der Waals surface area contributed by atoms with Crippen LogP contribution in [0, 0.1) is 10.5 Å². The zero-order valence-corrected chi connectivity index (χ0v) is 7.21. The molecule has 1 aromatic carbocycles. The number of benzene rings is 1. The zero-order chi connectivity index (χ0) is 6.85. The van der Waals surface area contributed by atoms with Gasteiger partial charge in [-0.1, -0.05) is 12.1 Å². The van der Waals surface area contributed by atoms with Crippen molar-refractivity contribution in [2.24, 2.45) is 0 Å². The summed E-state index contributed by atoms with van der Waals surface area (Å²) < 4.78 is 0.940. The fraction of sp³-hybridized carbons (Fsp3) is 0.143. The fourth-order valence-electron chi connectivity index (χ4n) is 0.632. The summed E-state index contributed by atoms with van der Waals surface area (Å²) in [5, 5.41) is 9.09. The largest absolute Gasteiger partial charge is 0.507 e. The van der Waals surface area contributed by atoms with Gasteiger partial charge >= 0.3 is 0 Å². The van der Waals surface area contributed by atoms with E-state index < -0.39 is 0 Å². The van der Waals surface area contributed by atoms with E-state index in [4.69, 9.17) is 5.11 Å². The Morgan fingerprint density at radius 1 is 1.44 bits per heavy atom. The zero-order valence-electron chi connectivity index (χ0n) is 5.06. The second kappa shape index (κ2) is 2.56. The Morgan fingerprint density at radius 2 is 2.11 bits per heavy atom. The number of phenolic OH excluding ortho intramolecular Hbond substituents is 1. The van der Waals surface area contributed by atoms with Gasteiger partial charge in [-0.05, 0) is 41.1 Å². The summed E-state index contributed by atoms with van der Waals surface area (Å²) in [4.78, 5) is 0. The average molecular weight is 234 g/mol. The second-order valence-corrected chi connectivity index (χ2v) is 2.99. The van der Waals surface area contributed by atoms with Crippen molar-refractivity contribution in [3.05, 3.63) is 27.3 Å². The summed E-state index contributed by atoms with van der Waals surface area (Å²) in [6.45, 7) is 1.97. The minimum atomic E-state index is 0.371. The van der Waals surface area contributed by atoms with Crippen molar-refractivity contribution in [3.63, 3.8) is 0 Å². The Kier molecular flexibility index (Phi) is 1.95. The van der Waals surface area contributed by atoms with E-state index in [1.54, 1.807) is 6.07 Å². The standard InChI is InChI=1S/C7H7IO/c1-5-3-2-4-6(9)7(5)8/h2-4,9H,1H3. The molecule has 0 aliphatic carbocycles. The Balaban J connectivity index is 3.25. The SMILES string of the molecule is Cc1cccc(O)c1I. The fourth-order valence-corrected chi connectivity index (χ4v) is 0.992. The molecule has 0 bridgehead atoms. The number of hydrogen-bond acceptors (Lipinski definition) is 1. The topological polar surface area (TPSA) is 20.2 Å². The first-order chi connectivity index (χ1) is 4.22. The van der Waals surface area contributed by atoms with Gasteiger partial charge < -0.3 is 5.11 Å². The molecule has 1 N–H and O–H groups in total. The molecule has 0 saturated heterocycles. The molecule has 2 heteroatoms. The maximum absolute atomic E-state index is 9.09. The molecule has 1 rings (SSSR count). The van der Waals surface area contributed by atoms with Crippen LogP contribution in [0.25, 0.3) is 0 Å². The van der Waals surface area contributed by atoms with Gasteiger partial charge in [0.05, 0.1) is 3.57 Å². The van der Waals surface area contributed by atoms with Crippen molar-refractivity contribution in [2.45, 2.75) is 6.92 Å². The number of halogens is 1. The molecule has 1 aromatic rings. The molecule has 0 fully saturated rings. The minimum Gasteiger partial charge on any atom is -0.507 e. The third-order valence-corrected chi connectivity index (χ3v) is 2.57. The van der Waals surface area contributed by atoms with E-state index in [1.165, 1.54) is 0 Å². The van der Waals surface area contributed by atoms with Gasteiger partial charge in [0.1, 0.15) is 5.75 Å². The molecule has 0 aliphatic heterocycles. The third kappa shape index (κ3) is 1.36. The van der Waals surface area contributed by atoms with Crippen LogP contribution in [0.5, 0.6) is 5.75 Å². The molecule has 9 heavy (non-hydrogen) atoms. The molecule has 0 amide bonds. The quantitative estimate of drug-likeness (QED) is 0.683. The molecule has 0 aromatic heterocycles. The second-order valence-electron chi connectivity index (χ2n) is 1.91. The van der Waals surface area contributed by atoms with E-state index in [2.05, 4.69) is 22.6 Å². The summed E-state index contributed by atoms with van der Waals surface area (Å²) in [5.41, 5.74) is 1.12. The molecular weight excluding hydrogens is 227 g/mol. The summed E-state index contributed by atoms with van der Waals surface area (Å²) in [5.74, 6) is 0.371. The monoisotopic (exact) mass is 234 g/mol. The van der Waals surface area contributed by atoms with Gasteiger partial charge in [0.15, 0.2) is 0 Å². The van der Waals surface area contributed by atoms with Crippen molar-refractivity contribution in [3.8, 4) is 5.75 Å². The van der Waals surface area contributed by atoms with Crippen LogP contribution in [-0.2, 0) is 0 Å². The van der Waals surface area contributed by atoms with E-state index in [9.17, 15) is 0 Å². The summed E-state index contributed by atoms with van der Waals surface area (Å²) in [7, 11) is 0. The Hall–Kier alpha value is -0.250. The van der Waals surface area contributed by atoms with E-state index in [1.807, 2.05) is 19.1 Å². The van der Waals surface area contributed by atoms with Gasteiger partial charge in [0.25, 0.3) is 0 Å². The van der Waals surface area contributed by atoms with Crippen molar-refractivity contribution < 1.29 is 5.11 Å². The van der Waals surface area contributed by atoms with Crippen molar-refractivity contribution in [1.82, 2.24) is 0 Å². The lowest BCUT2D eigenvalue weighted by atomic mass is 10.2. The maximum Gasteiger partial charge on any atom is 0.129 e. The van der Waals surface area contributed by atoms with Gasteiger partial charge in [-0.2, -0.15) is 0 Å². The lowest BCUT2D eigenvalue weighted by Crippen LogP contribution is -1.77. The van der Waals surface area contributed by atoms with Crippen molar-refractivity contribution >= 4 is 22.6 Å². The highest BCUT2D eigenvalue weighted by Gasteiger charge is 1.96. The predicted molar refractivity (Wildman–Crippen MR) is 45.6 cm³/mol. The van der Waals surface area contributed by atoms with Gasteiger partial charge in [-0.15, -0.1) is 0 Å². The number of aryl methyl sites for hydroxylation is 1. The minimum absolute atomic E-state index is 0.371. The van der Waals surface area contributed by atoms with Crippen LogP contribution in [0.2, 0.25) is 0 Å². The van der Waals surface area contributed by atoms with E-state index in [-0.39, 0.29) is 0 Å². The van der Waals surface area contributed by atoms with Crippen LogP contribution >= 0.6 is 22.6 Å². The van der Waals surface area contributed by atoms with Crippen LogP contribution in [0.3, 0.4) is 0 Å². The number of phenols is 1. The van der Waals surface area contributed by atoms with E-state index >= 15 is 0 Å². The molecule has 48 valence electrons. The summed E-state index contributed by atoms with van der Waals surface area (Å²) >= 11 is 2.12. The van der Waals surface area contributed by atoms with Gasteiger partial charge in [-0.25, -0.2) is 0 Å². The Morgan fingerprint density at radius 3 is 2.56 bits per heavy atom. The van der Waals surface area contributed by atoms with Crippen molar-refractivity contribution in [1.29, 1.82) is 0 Å². The normalized spacial score (nSPS) is 9.56. The first-order valence-electron chi connectivity index (χ1n) is 2.66. The highest BCUT2D eigenvalue weighted by molar-refractivity contribution is 14.1. The predicted octanol–water partition coefficient (Wildman–Crippen LogP) is 2.31. The lowest BCUT2D eigenvalue weighted by Gasteiger charge is -1.97. The lowest BCUT2D eigenvalue weighted by molar-refractivity contribution is 0.471. The molecule has 0 aliphatic rings. The molecule has 1 nitrogen and oxygen atoms in total. The first kappa shape index (κ1) is 6.86. The highest BCUT2D eigenvalue weighted by atomic mass is 127. The van der Waals surface area contributed by atoms with Crippen molar-refractivity contribution in [2.75, 3.05) is 0 Å². The number of aromatic hydroxyl groups is 1. The third-order valence-electron chi connectivity index (χ3n) is 1.17. The average Bonchev–Trinajstić information content (AvgIpc) is 1.83. The molecule has 0 saturated carbocycles. The maximum atomic E-state index is 9.09. The van der Waals surface area contributed by atoms with Gasteiger partial charge in [0.2, 0.25) is 0 Å². The molecule has 0 radical (unpaired) electrons. The highest BCUT2D eigenvalue weighted by Crippen LogP contribution is 2.21. The molecule has 0 heterocycles. The molecule has 0 spiro atoms. The number of rotatable bonds is 0. The molecule has 0 unspecified atom stereocenters. The van der Waals surface area contributed by atoms with E-state index in [0.717, 1.165) is 9.13 Å². The Bertz CT molecular complexity index is 200. The van der Waals surface area contributed by atoms with Crippen LogP contribution < -0.4 is 0 Å². The first-order valence-corrected chi connectivity index (χ1v) is 3.74. The molecular formula is C7H7IO. The smallest absolute Gasteiger partial charge is 0.129 e. The number of hydrogen-bond donors (Lipinski definition) is 1. The van der Waals surface area contributed by atoms with Gasteiger partial charge in [-0.3, -0.25) is 0 Å². The summed E-state index contributed by atoms with van der Waals surface area (Å²) in [6, 6.07) is 5.50. The van der Waals surface area contributed by atoms with Crippen LogP contribution in [-0.4, -0.2) is 5.11 Å². The van der Waals surface area contributed by atoms with Gasteiger partial charge in [0, 0.05) is 0 Å². The van der Waals surface area contributed by atoms with Crippen LogP contribution in [0.4, 0.5) is 0 Å². The Labute approximate surface area is 67.9 Å².